The molecule has 0 aliphatic heterocycles. The largest absolute Gasteiger partial charge is 0.455 e. The SMILES string of the molecule is c1ccc(-c2nc(-c3ccccc3)nc(-c3ccc(-c4cccc5c4-c4cccc6cccc-5c46)c4oc5ccccc5c34)n2)cc1. The van der Waals surface area contributed by atoms with Gasteiger partial charge in [-0.05, 0) is 56.8 Å². The summed E-state index contributed by atoms with van der Waals surface area (Å²) in [5, 5.41) is 4.58. The van der Waals surface area contributed by atoms with Gasteiger partial charge in [-0.2, -0.15) is 0 Å². The van der Waals surface area contributed by atoms with Crippen LogP contribution in [-0.4, -0.2) is 15.0 Å². The summed E-state index contributed by atoms with van der Waals surface area (Å²) in [5.74, 6) is 1.87. The normalized spacial score (nSPS) is 11.8. The molecule has 4 nitrogen and oxygen atoms in total. The molecule has 2 aromatic heterocycles. The fraction of sp³-hybridized carbons (Fsp3) is 0. The van der Waals surface area contributed by atoms with Crippen molar-refractivity contribution in [2.24, 2.45) is 0 Å². The van der Waals surface area contributed by atoms with E-state index >= 15 is 0 Å². The molecule has 0 atom stereocenters. The molecular formula is C43H25N3O. The average molecular weight is 600 g/mol. The second-order valence-corrected chi connectivity index (χ2v) is 11.9. The quantitative estimate of drug-likeness (QED) is 0.202. The average Bonchev–Trinajstić information content (AvgIpc) is 3.70. The fourth-order valence-electron chi connectivity index (χ4n) is 7.22. The van der Waals surface area contributed by atoms with Crippen LogP contribution in [0.5, 0.6) is 0 Å². The molecule has 1 aliphatic rings. The van der Waals surface area contributed by atoms with Crippen LogP contribution in [-0.2, 0) is 0 Å². The van der Waals surface area contributed by atoms with E-state index in [0.717, 1.165) is 49.8 Å². The van der Waals surface area contributed by atoms with Crippen LogP contribution >= 0.6 is 0 Å². The van der Waals surface area contributed by atoms with Crippen molar-refractivity contribution in [2.75, 3.05) is 0 Å². The minimum Gasteiger partial charge on any atom is -0.455 e. The highest BCUT2D eigenvalue weighted by Gasteiger charge is 2.27. The number of hydrogen-bond donors (Lipinski definition) is 0. The molecule has 0 radical (unpaired) electrons. The molecule has 1 aliphatic carbocycles. The Balaban J connectivity index is 1.26. The molecule has 2 heterocycles. The second-order valence-electron chi connectivity index (χ2n) is 11.9. The number of aromatic nitrogens is 3. The Morgan fingerprint density at radius 1 is 0.362 bits per heavy atom. The molecule has 0 amide bonds. The highest BCUT2D eigenvalue weighted by molar-refractivity contribution is 6.21. The van der Waals surface area contributed by atoms with Crippen LogP contribution in [0.25, 0.3) is 100 Å². The summed E-state index contributed by atoms with van der Waals surface area (Å²) in [7, 11) is 0. The molecule has 9 aromatic rings. The summed E-state index contributed by atoms with van der Waals surface area (Å²) in [5.41, 5.74) is 11.6. The van der Waals surface area contributed by atoms with Crippen molar-refractivity contribution in [1.82, 2.24) is 15.0 Å². The number of furan rings is 1. The van der Waals surface area contributed by atoms with Crippen LogP contribution in [0.1, 0.15) is 0 Å². The molecule has 0 fully saturated rings. The molecule has 4 heteroatoms. The first-order chi connectivity index (χ1) is 23.3. The van der Waals surface area contributed by atoms with Gasteiger partial charge in [0.1, 0.15) is 11.2 Å². The van der Waals surface area contributed by atoms with Gasteiger partial charge in [0, 0.05) is 33.0 Å². The van der Waals surface area contributed by atoms with Gasteiger partial charge in [0.25, 0.3) is 0 Å². The van der Waals surface area contributed by atoms with Gasteiger partial charge in [0.05, 0.1) is 0 Å². The third kappa shape index (κ3) is 3.92. The molecule has 0 bridgehead atoms. The second kappa shape index (κ2) is 10.1. The first-order valence-electron chi connectivity index (χ1n) is 15.8. The topological polar surface area (TPSA) is 51.8 Å². The lowest BCUT2D eigenvalue weighted by molar-refractivity contribution is 0.670. The molecule has 7 aromatic carbocycles. The Labute approximate surface area is 270 Å². The molecule has 0 unspecified atom stereocenters. The number of fused-ring (bicyclic) bond motifs is 6. The molecular weight excluding hydrogens is 574 g/mol. The highest BCUT2D eigenvalue weighted by atomic mass is 16.3. The van der Waals surface area contributed by atoms with Crippen molar-refractivity contribution in [3.05, 3.63) is 152 Å². The van der Waals surface area contributed by atoms with Crippen LogP contribution in [0.15, 0.2) is 156 Å². The zero-order valence-corrected chi connectivity index (χ0v) is 25.2. The Morgan fingerprint density at radius 2 is 0.915 bits per heavy atom. The zero-order chi connectivity index (χ0) is 30.9. The summed E-state index contributed by atoms with van der Waals surface area (Å²) in [6.07, 6.45) is 0. The van der Waals surface area contributed by atoms with Crippen LogP contribution in [0, 0.1) is 0 Å². The molecule has 47 heavy (non-hydrogen) atoms. The van der Waals surface area contributed by atoms with Crippen LogP contribution in [0.3, 0.4) is 0 Å². The lowest BCUT2D eigenvalue weighted by atomic mass is 9.91. The van der Waals surface area contributed by atoms with E-state index in [1.807, 2.05) is 72.8 Å². The molecule has 218 valence electrons. The molecule has 0 spiro atoms. The van der Waals surface area contributed by atoms with E-state index in [1.165, 1.54) is 33.0 Å². The van der Waals surface area contributed by atoms with Gasteiger partial charge in [-0.15, -0.1) is 0 Å². The number of benzene rings is 7. The van der Waals surface area contributed by atoms with Gasteiger partial charge in [-0.25, -0.2) is 15.0 Å². The van der Waals surface area contributed by atoms with Gasteiger partial charge >= 0.3 is 0 Å². The first-order valence-corrected chi connectivity index (χ1v) is 15.8. The van der Waals surface area contributed by atoms with E-state index in [4.69, 9.17) is 19.4 Å². The lowest BCUT2D eigenvalue weighted by Crippen LogP contribution is -2.00. The number of rotatable bonds is 4. The van der Waals surface area contributed by atoms with Crippen molar-refractivity contribution in [1.29, 1.82) is 0 Å². The summed E-state index contributed by atoms with van der Waals surface area (Å²) >= 11 is 0. The van der Waals surface area contributed by atoms with E-state index in [2.05, 4.69) is 78.9 Å². The van der Waals surface area contributed by atoms with Crippen molar-refractivity contribution >= 4 is 32.7 Å². The lowest BCUT2D eigenvalue weighted by Gasteiger charge is -2.13. The summed E-state index contributed by atoms with van der Waals surface area (Å²) in [4.78, 5) is 15.1. The van der Waals surface area contributed by atoms with Crippen molar-refractivity contribution < 1.29 is 4.42 Å². The summed E-state index contributed by atoms with van der Waals surface area (Å²) in [6, 6.07) is 52.5. The third-order valence-corrected chi connectivity index (χ3v) is 9.29. The van der Waals surface area contributed by atoms with Crippen LogP contribution in [0.4, 0.5) is 0 Å². The Hall–Kier alpha value is -6.39. The minimum absolute atomic E-state index is 0.608. The highest BCUT2D eigenvalue weighted by Crippen LogP contribution is 2.52. The van der Waals surface area contributed by atoms with E-state index < -0.39 is 0 Å². The molecule has 10 rings (SSSR count). The maximum Gasteiger partial charge on any atom is 0.164 e. The summed E-state index contributed by atoms with van der Waals surface area (Å²) in [6.45, 7) is 0. The van der Waals surface area contributed by atoms with Gasteiger partial charge in [-0.1, -0.05) is 133 Å². The van der Waals surface area contributed by atoms with Gasteiger partial charge in [0.2, 0.25) is 0 Å². The zero-order valence-electron chi connectivity index (χ0n) is 25.2. The van der Waals surface area contributed by atoms with Gasteiger partial charge in [-0.3, -0.25) is 0 Å². The number of para-hydroxylation sites is 1. The van der Waals surface area contributed by atoms with Crippen molar-refractivity contribution in [2.45, 2.75) is 0 Å². The third-order valence-electron chi connectivity index (χ3n) is 9.29. The van der Waals surface area contributed by atoms with Crippen LogP contribution in [0.2, 0.25) is 0 Å². The minimum atomic E-state index is 0.608. The Morgan fingerprint density at radius 3 is 1.64 bits per heavy atom. The summed E-state index contributed by atoms with van der Waals surface area (Å²) < 4.78 is 6.77. The van der Waals surface area contributed by atoms with E-state index in [0.29, 0.717) is 17.5 Å². The predicted molar refractivity (Wildman–Crippen MR) is 191 cm³/mol. The smallest absolute Gasteiger partial charge is 0.164 e. The maximum absolute atomic E-state index is 6.77. The van der Waals surface area contributed by atoms with E-state index in [-0.39, 0.29) is 0 Å². The number of hydrogen-bond acceptors (Lipinski definition) is 4. The fourth-order valence-corrected chi connectivity index (χ4v) is 7.22. The molecule has 0 N–H and O–H groups in total. The Bertz CT molecular complexity index is 2610. The standard InChI is InChI=1S/C43H25N3O/c1-3-12-27(13-4-1)41-44-42(28-14-5-2-6-15-28)46-43(45-41)35-25-24-32(40-39(35)33-18-7-8-23-36(33)47-40)31-21-11-20-30-29-19-9-16-26-17-10-22-34(37(26)29)38(30)31/h1-25H. The first kappa shape index (κ1) is 25.9. The maximum atomic E-state index is 6.77. The molecule has 0 saturated heterocycles. The monoisotopic (exact) mass is 599 g/mol. The van der Waals surface area contributed by atoms with Crippen molar-refractivity contribution in [3.63, 3.8) is 0 Å². The van der Waals surface area contributed by atoms with E-state index in [1.54, 1.807) is 0 Å². The van der Waals surface area contributed by atoms with Crippen LogP contribution < -0.4 is 0 Å². The van der Waals surface area contributed by atoms with E-state index in [9.17, 15) is 0 Å². The van der Waals surface area contributed by atoms with Gasteiger partial charge < -0.3 is 4.42 Å². The van der Waals surface area contributed by atoms with Gasteiger partial charge in [0.15, 0.2) is 17.5 Å². The Kier molecular flexibility index (Phi) is 5.54. The predicted octanol–water partition coefficient (Wildman–Crippen LogP) is 11.2. The molecule has 0 saturated carbocycles. The number of nitrogens with zero attached hydrogens (tertiary/aromatic N) is 3. The van der Waals surface area contributed by atoms with Crippen molar-refractivity contribution in [3.8, 4) is 67.5 Å².